The summed E-state index contributed by atoms with van der Waals surface area (Å²) in [5.74, 6) is 2.04. The van der Waals surface area contributed by atoms with E-state index in [1.54, 1.807) is 6.33 Å². The molecule has 100 valence electrons. The lowest BCUT2D eigenvalue weighted by atomic mass is 10.1. The molecule has 1 aliphatic carbocycles. The Balaban J connectivity index is 2.23. The van der Waals surface area contributed by atoms with Crippen LogP contribution in [0.2, 0.25) is 0 Å². The van der Waals surface area contributed by atoms with Crippen molar-refractivity contribution >= 4 is 5.82 Å². The molecule has 0 saturated heterocycles. The first-order valence-electron chi connectivity index (χ1n) is 6.97. The predicted octanol–water partition coefficient (Wildman–Crippen LogP) is 3.35. The minimum absolute atomic E-state index is 0.340. The molecule has 18 heavy (non-hydrogen) atoms. The molecule has 0 aliphatic heterocycles. The normalized spacial score (nSPS) is 16.2. The fraction of sp³-hybridized carbons (Fsp3) is 0.714. The number of hydrogen-bond donors (Lipinski definition) is 1. The molecule has 1 aromatic rings. The third kappa shape index (κ3) is 2.92. The number of anilines is 1. The minimum Gasteiger partial charge on any atom is -0.474 e. The Morgan fingerprint density at radius 1 is 1.33 bits per heavy atom. The van der Waals surface area contributed by atoms with Crippen molar-refractivity contribution in [2.45, 2.75) is 58.5 Å². The van der Waals surface area contributed by atoms with E-state index in [-0.39, 0.29) is 0 Å². The molecule has 2 rings (SSSR count). The second-order valence-corrected chi connectivity index (χ2v) is 5.15. The molecule has 0 spiro atoms. The molecule has 4 heteroatoms. The maximum Gasteiger partial charge on any atom is 0.222 e. The van der Waals surface area contributed by atoms with Gasteiger partial charge in [-0.3, -0.25) is 0 Å². The van der Waals surface area contributed by atoms with E-state index in [4.69, 9.17) is 4.74 Å². The van der Waals surface area contributed by atoms with Gasteiger partial charge in [-0.05, 0) is 38.5 Å². The zero-order valence-corrected chi connectivity index (χ0v) is 11.6. The third-order valence-electron chi connectivity index (χ3n) is 3.35. The first-order chi connectivity index (χ1) is 8.72. The summed E-state index contributed by atoms with van der Waals surface area (Å²) < 4.78 is 6.06. The van der Waals surface area contributed by atoms with Crippen LogP contribution < -0.4 is 10.1 Å². The van der Waals surface area contributed by atoms with Crippen LogP contribution in [0.4, 0.5) is 5.82 Å². The first-order valence-corrected chi connectivity index (χ1v) is 6.97. The lowest BCUT2D eigenvalue weighted by Crippen LogP contribution is -2.15. The van der Waals surface area contributed by atoms with Crippen molar-refractivity contribution in [1.29, 1.82) is 0 Å². The summed E-state index contributed by atoms with van der Waals surface area (Å²) in [6.07, 6.45) is 6.77. The fourth-order valence-electron chi connectivity index (χ4n) is 2.47. The summed E-state index contributed by atoms with van der Waals surface area (Å²) in [5, 5.41) is 3.29. The number of nitrogens with one attached hydrogen (secondary N) is 1. The van der Waals surface area contributed by atoms with Crippen LogP contribution in [0.1, 0.15) is 57.9 Å². The fourth-order valence-corrected chi connectivity index (χ4v) is 2.47. The van der Waals surface area contributed by atoms with Gasteiger partial charge in [-0.15, -0.1) is 0 Å². The summed E-state index contributed by atoms with van der Waals surface area (Å²) >= 11 is 0. The van der Waals surface area contributed by atoms with Crippen LogP contribution in [0.25, 0.3) is 0 Å². The Labute approximate surface area is 109 Å². The molecule has 1 saturated carbocycles. The smallest absolute Gasteiger partial charge is 0.222 e. The van der Waals surface area contributed by atoms with Crippen LogP contribution in [0.5, 0.6) is 5.88 Å². The van der Waals surface area contributed by atoms with E-state index in [0.717, 1.165) is 36.6 Å². The molecule has 0 aromatic carbocycles. The summed E-state index contributed by atoms with van der Waals surface area (Å²) in [7, 11) is 0. The van der Waals surface area contributed by atoms with E-state index in [2.05, 4.69) is 36.1 Å². The van der Waals surface area contributed by atoms with E-state index in [9.17, 15) is 0 Å². The predicted molar refractivity (Wildman–Crippen MR) is 73.2 cm³/mol. The molecule has 0 bridgehead atoms. The van der Waals surface area contributed by atoms with Gasteiger partial charge >= 0.3 is 0 Å². The van der Waals surface area contributed by atoms with Crippen LogP contribution >= 0.6 is 0 Å². The van der Waals surface area contributed by atoms with Gasteiger partial charge in [-0.25, -0.2) is 9.97 Å². The lowest BCUT2D eigenvalue weighted by molar-refractivity contribution is 0.198. The van der Waals surface area contributed by atoms with Gasteiger partial charge in [0.25, 0.3) is 0 Å². The molecule has 1 aromatic heterocycles. The summed E-state index contributed by atoms with van der Waals surface area (Å²) in [5.41, 5.74) is 1.10. The highest BCUT2D eigenvalue weighted by atomic mass is 16.5. The van der Waals surface area contributed by atoms with Crippen molar-refractivity contribution in [3.63, 3.8) is 0 Å². The van der Waals surface area contributed by atoms with Crippen molar-refractivity contribution in [3.8, 4) is 5.88 Å². The van der Waals surface area contributed by atoms with Gasteiger partial charge in [-0.1, -0.05) is 13.8 Å². The van der Waals surface area contributed by atoms with E-state index < -0.39 is 0 Å². The van der Waals surface area contributed by atoms with E-state index in [1.807, 2.05) is 0 Å². The molecule has 4 nitrogen and oxygen atoms in total. The zero-order valence-electron chi connectivity index (χ0n) is 11.6. The average Bonchev–Trinajstić information content (AvgIpc) is 2.82. The molecule has 1 aliphatic rings. The van der Waals surface area contributed by atoms with E-state index in [1.165, 1.54) is 12.8 Å². The highest BCUT2D eigenvalue weighted by Crippen LogP contribution is 2.32. The largest absolute Gasteiger partial charge is 0.474 e. The third-order valence-corrected chi connectivity index (χ3v) is 3.35. The molecule has 0 atom stereocenters. The van der Waals surface area contributed by atoms with Crippen LogP contribution in [-0.2, 0) is 0 Å². The van der Waals surface area contributed by atoms with Crippen molar-refractivity contribution in [3.05, 3.63) is 11.9 Å². The molecule has 1 fully saturated rings. The Morgan fingerprint density at radius 2 is 2.06 bits per heavy atom. The summed E-state index contributed by atoms with van der Waals surface area (Å²) in [6, 6.07) is 0. The Morgan fingerprint density at radius 3 is 2.67 bits per heavy atom. The second-order valence-electron chi connectivity index (χ2n) is 5.15. The Kier molecular flexibility index (Phi) is 4.39. The molecule has 1 N–H and O–H groups in total. The number of rotatable bonds is 5. The quantitative estimate of drug-likeness (QED) is 0.869. The van der Waals surface area contributed by atoms with Gasteiger partial charge in [-0.2, -0.15) is 0 Å². The molecule has 1 heterocycles. The zero-order chi connectivity index (χ0) is 13.0. The lowest BCUT2D eigenvalue weighted by Gasteiger charge is -2.19. The van der Waals surface area contributed by atoms with Crippen LogP contribution in [0.15, 0.2) is 6.33 Å². The van der Waals surface area contributed by atoms with Gasteiger partial charge in [0.05, 0.1) is 5.56 Å². The van der Waals surface area contributed by atoms with Crippen molar-refractivity contribution < 1.29 is 4.74 Å². The molecule has 0 radical (unpaired) electrons. The Hall–Kier alpha value is -1.32. The number of ether oxygens (including phenoxy) is 1. The van der Waals surface area contributed by atoms with Crippen LogP contribution in [0.3, 0.4) is 0 Å². The molecule has 0 unspecified atom stereocenters. The monoisotopic (exact) mass is 249 g/mol. The highest BCUT2D eigenvalue weighted by molar-refractivity contribution is 5.50. The van der Waals surface area contributed by atoms with Crippen molar-refractivity contribution in [2.75, 3.05) is 11.9 Å². The number of aromatic nitrogens is 2. The van der Waals surface area contributed by atoms with Gasteiger partial charge in [0, 0.05) is 6.54 Å². The SMILES string of the molecule is CCNc1ncnc(OC2CCCC2)c1C(C)C. The topological polar surface area (TPSA) is 47.0 Å². The minimum atomic E-state index is 0.340. The van der Waals surface area contributed by atoms with Gasteiger partial charge in [0.1, 0.15) is 18.2 Å². The standard InChI is InChI=1S/C14H23N3O/c1-4-15-13-12(10(2)3)14(17-9-16-13)18-11-7-5-6-8-11/h9-11H,4-8H2,1-3H3,(H,15,16,17). The van der Waals surface area contributed by atoms with E-state index >= 15 is 0 Å². The van der Waals surface area contributed by atoms with Crippen molar-refractivity contribution in [1.82, 2.24) is 9.97 Å². The summed E-state index contributed by atoms with van der Waals surface area (Å²) in [6.45, 7) is 7.24. The van der Waals surface area contributed by atoms with E-state index in [0.29, 0.717) is 12.0 Å². The highest BCUT2D eigenvalue weighted by Gasteiger charge is 2.21. The maximum atomic E-state index is 6.06. The van der Waals surface area contributed by atoms with Gasteiger partial charge < -0.3 is 10.1 Å². The van der Waals surface area contributed by atoms with Gasteiger partial charge in [0.2, 0.25) is 5.88 Å². The molecular formula is C14H23N3O. The number of hydrogen-bond acceptors (Lipinski definition) is 4. The molecule has 0 amide bonds. The average molecular weight is 249 g/mol. The van der Waals surface area contributed by atoms with Crippen LogP contribution in [-0.4, -0.2) is 22.6 Å². The van der Waals surface area contributed by atoms with Crippen LogP contribution in [0, 0.1) is 0 Å². The molecular weight excluding hydrogens is 226 g/mol. The van der Waals surface area contributed by atoms with Crippen molar-refractivity contribution in [2.24, 2.45) is 0 Å². The summed E-state index contributed by atoms with van der Waals surface area (Å²) in [4.78, 5) is 8.66. The Bertz CT molecular complexity index is 387. The first kappa shape index (κ1) is 13.1. The number of nitrogens with zero attached hydrogens (tertiary/aromatic N) is 2. The van der Waals surface area contributed by atoms with Gasteiger partial charge in [0.15, 0.2) is 0 Å². The maximum absolute atomic E-state index is 6.06. The second kappa shape index (κ2) is 6.03.